The van der Waals surface area contributed by atoms with Crippen LogP contribution in [-0.2, 0) is 27.1 Å². The Morgan fingerprint density at radius 2 is 0.728 bits per heavy atom. The molecule has 2 atom stereocenters. The van der Waals surface area contributed by atoms with Gasteiger partial charge >= 0.3 is 0 Å². The normalized spacial score (nSPS) is 22.9. The summed E-state index contributed by atoms with van der Waals surface area (Å²) in [7, 11) is 0. The highest BCUT2D eigenvalue weighted by atomic mass is 15.1. The molecule has 0 saturated heterocycles. The smallest absolute Gasteiger partial charge is 0.0714 e. The third-order valence-corrected chi connectivity index (χ3v) is 20.3. The number of anilines is 3. The van der Waals surface area contributed by atoms with E-state index in [1.165, 1.54) is 128 Å². The summed E-state index contributed by atoms with van der Waals surface area (Å²) in [5.74, 6) is 2.75. The van der Waals surface area contributed by atoms with Crippen molar-refractivity contribution in [3.05, 3.63) is 304 Å². The van der Waals surface area contributed by atoms with Gasteiger partial charge in [-0.25, -0.2) is 0 Å². The fourth-order valence-corrected chi connectivity index (χ4v) is 17.0. The van der Waals surface area contributed by atoms with E-state index in [1.807, 2.05) is 0 Å². The summed E-state index contributed by atoms with van der Waals surface area (Å²) in [6, 6.07) is 94.0. The molecule has 6 aliphatic rings. The van der Waals surface area contributed by atoms with Crippen LogP contribution in [0.4, 0.5) is 17.1 Å². The molecule has 16 rings (SSSR count). The fraction of sp³-hybridized carbons (Fsp3) is 0.250. The molecule has 6 aliphatic carbocycles. The van der Waals surface area contributed by atoms with E-state index < -0.39 is 10.8 Å². The molecule has 0 N–H and O–H groups in total. The van der Waals surface area contributed by atoms with Gasteiger partial charge in [0.25, 0.3) is 0 Å². The molecule has 0 spiro atoms. The zero-order valence-electron chi connectivity index (χ0n) is 48.0. The Kier molecular flexibility index (Phi) is 11.4. The van der Waals surface area contributed by atoms with E-state index in [9.17, 15) is 0 Å². The van der Waals surface area contributed by atoms with E-state index >= 15 is 0 Å². The van der Waals surface area contributed by atoms with Crippen LogP contribution in [0, 0.1) is 17.8 Å². The van der Waals surface area contributed by atoms with Crippen molar-refractivity contribution in [1.82, 2.24) is 0 Å². The molecule has 4 fully saturated rings. The SMILES string of the molecule is CC(C)(C)c1ccc(C2(c3ccccc3)c3ccccc3-c3cc(N(c4cccc(-c5ccc(C67CC8CC(CC(C8)C6)C7)cc5)c4)c4ccc5c(c4)C(c4ccccc4)(c4ccc(C(C)(C)C)cc4)c4ccccc4-5)ccc32)cc1. The van der Waals surface area contributed by atoms with Gasteiger partial charge in [0.05, 0.1) is 10.8 Å². The standard InChI is InChI=1S/C80H73N/c1-76(2,3)58-32-36-63(37-33-58)79(61-19-9-7-10-20-61)73-27-16-14-25-69(73)71-48-66(41-43-74(71)79)81(65-23-17-18-57(47-65)56-28-30-60(31-29-56)78-50-53-44-54(51-78)46-55(45-53)52-78)67-40-42-70-68-24-13-15-26-72(68)80(75(70)49-67,62-21-11-8-12-22-62)64-38-34-59(35-39-64)77(4,5)6/h7-43,47-49,53-55H,44-46,50-52H2,1-6H3. The molecule has 398 valence electrons. The van der Waals surface area contributed by atoms with E-state index in [-0.39, 0.29) is 10.8 Å². The molecule has 1 heteroatoms. The molecule has 10 aromatic rings. The van der Waals surface area contributed by atoms with Gasteiger partial charge in [-0.1, -0.05) is 248 Å². The third kappa shape index (κ3) is 7.78. The lowest BCUT2D eigenvalue weighted by Crippen LogP contribution is -2.48. The summed E-state index contributed by atoms with van der Waals surface area (Å²) in [4.78, 5) is 2.55. The van der Waals surface area contributed by atoms with Gasteiger partial charge in [0.1, 0.15) is 0 Å². The molecule has 81 heavy (non-hydrogen) atoms. The highest BCUT2D eigenvalue weighted by Gasteiger charge is 2.52. The lowest BCUT2D eigenvalue weighted by atomic mass is 9.48. The van der Waals surface area contributed by atoms with Crippen LogP contribution >= 0.6 is 0 Å². The van der Waals surface area contributed by atoms with Crippen LogP contribution in [0.25, 0.3) is 33.4 Å². The van der Waals surface area contributed by atoms with Crippen molar-refractivity contribution < 1.29 is 0 Å². The first-order valence-electron chi connectivity index (χ1n) is 30.1. The van der Waals surface area contributed by atoms with Crippen molar-refractivity contribution in [2.75, 3.05) is 4.90 Å². The topological polar surface area (TPSA) is 3.24 Å². The number of fused-ring (bicyclic) bond motifs is 6. The second-order valence-corrected chi connectivity index (χ2v) is 27.1. The average Bonchev–Trinajstić information content (AvgIpc) is 3.24. The van der Waals surface area contributed by atoms with Gasteiger partial charge in [-0.2, -0.15) is 0 Å². The van der Waals surface area contributed by atoms with Crippen molar-refractivity contribution in [2.24, 2.45) is 17.8 Å². The van der Waals surface area contributed by atoms with E-state index in [4.69, 9.17) is 0 Å². The zero-order valence-corrected chi connectivity index (χ0v) is 48.0. The summed E-state index contributed by atoms with van der Waals surface area (Å²) in [5.41, 5.74) is 24.9. The van der Waals surface area contributed by atoms with Gasteiger partial charge in [-0.3, -0.25) is 0 Å². The van der Waals surface area contributed by atoms with Gasteiger partial charge < -0.3 is 4.90 Å². The van der Waals surface area contributed by atoms with Gasteiger partial charge in [-0.05, 0) is 204 Å². The Balaban J connectivity index is 0.936. The summed E-state index contributed by atoms with van der Waals surface area (Å²) in [6.07, 6.45) is 8.53. The monoisotopic (exact) mass is 1050 g/mol. The summed E-state index contributed by atoms with van der Waals surface area (Å²) >= 11 is 0. The number of benzene rings is 10. The number of hydrogen-bond donors (Lipinski definition) is 0. The largest absolute Gasteiger partial charge is 0.310 e. The summed E-state index contributed by atoms with van der Waals surface area (Å²) < 4.78 is 0. The fourth-order valence-electron chi connectivity index (χ4n) is 17.0. The van der Waals surface area contributed by atoms with Crippen LogP contribution in [-0.4, -0.2) is 0 Å². The van der Waals surface area contributed by atoms with Crippen molar-refractivity contribution >= 4 is 17.1 Å². The Morgan fingerprint density at radius 1 is 0.309 bits per heavy atom. The van der Waals surface area contributed by atoms with Crippen LogP contribution in [0.2, 0.25) is 0 Å². The molecule has 4 bridgehead atoms. The molecule has 1 nitrogen and oxygen atoms in total. The molecule has 0 amide bonds. The Morgan fingerprint density at radius 3 is 1.27 bits per heavy atom. The lowest BCUT2D eigenvalue weighted by molar-refractivity contribution is -0.00518. The predicted octanol–water partition coefficient (Wildman–Crippen LogP) is 20.6. The molecule has 2 unspecified atom stereocenters. The van der Waals surface area contributed by atoms with Crippen LogP contribution < -0.4 is 4.90 Å². The second kappa shape index (κ2) is 18.5. The highest BCUT2D eigenvalue weighted by Crippen LogP contribution is 2.62. The maximum Gasteiger partial charge on any atom is 0.0714 e. The second-order valence-electron chi connectivity index (χ2n) is 27.1. The van der Waals surface area contributed by atoms with Crippen LogP contribution in [0.3, 0.4) is 0 Å². The molecule has 0 aliphatic heterocycles. The van der Waals surface area contributed by atoms with Gasteiger partial charge in [0.15, 0.2) is 0 Å². The maximum absolute atomic E-state index is 2.55. The minimum atomic E-state index is -0.569. The molecule has 4 saturated carbocycles. The predicted molar refractivity (Wildman–Crippen MR) is 338 cm³/mol. The van der Waals surface area contributed by atoms with Gasteiger partial charge in [0.2, 0.25) is 0 Å². The van der Waals surface area contributed by atoms with E-state index in [1.54, 1.807) is 5.56 Å². The molecule has 10 aromatic carbocycles. The minimum absolute atomic E-state index is 0.0244. The molecular weight excluding hydrogens is 975 g/mol. The van der Waals surface area contributed by atoms with Crippen LogP contribution in [0.5, 0.6) is 0 Å². The Hall–Kier alpha value is -8.00. The average molecular weight is 1050 g/mol. The Labute approximate surface area is 481 Å². The van der Waals surface area contributed by atoms with Crippen molar-refractivity contribution in [2.45, 2.75) is 107 Å². The van der Waals surface area contributed by atoms with Crippen molar-refractivity contribution in [3.63, 3.8) is 0 Å². The summed E-state index contributed by atoms with van der Waals surface area (Å²) in [5, 5.41) is 0. The van der Waals surface area contributed by atoms with Crippen LogP contribution in [0.1, 0.15) is 141 Å². The number of rotatable bonds is 9. The third-order valence-electron chi connectivity index (χ3n) is 20.3. The first kappa shape index (κ1) is 50.0. The number of hydrogen-bond acceptors (Lipinski definition) is 1. The van der Waals surface area contributed by atoms with E-state index in [0.29, 0.717) is 5.41 Å². The van der Waals surface area contributed by atoms with E-state index in [0.717, 1.165) is 34.8 Å². The number of nitrogens with zero attached hydrogens (tertiary/aromatic N) is 1. The summed E-state index contributed by atoms with van der Waals surface area (Å²) in [6.45, 7) is 13.9. The van der Waals surface area contributed by atoms with E-state index in [2.05, 4.69) is 289 Å². The lowest BCUT2D eigenvalue weighted by Gasteiger charge is -2.57. The Bertz CT molecular complexity index is 3980. The maximum atomic E-state index is 2.55. The molecule has 0 heterocycles. The molecule has 0 aromatic heterocycles. The van der Waals surface area contributed by atoms with Crippen molar-refractivity contribution in [3.8, 4) is 33.4 Å². The van der Waals surface area contributed by atoms with Crippen molar-refractivity contribution in [1.29, 1.82) is 0 Å². The quantitative estimate of drug-likeness (QED) is 0.139. The molecular formula is C80H73N. The van der Waals surface area contributed by atoms with Gasteiger partial charge in [0, 0.05) is 17.1 Å². The minimum Gasteiger partial charge on any atom is -0.310 e. The first-order valence-corrected chi connectivity index (χ1v) is 30.1. The first-order chi connectivity index (χ1) is 39.3. The van der Waals surface area contributed by atoms with Crippen LogP contribution in [0.15, 0.2) is 243 Å². The highest BCUT2D eigenvalue weighted by molar-refractivity contribution is 5.93. The van der Waals surface area contributed by atoms with Gasteiger partial charge in [-0.15, -0.1) is 0 Å². The zero-order chi connectivity index (χ0) is 54.9. The molecule has 0 radical (unpaired) electrons.